The lowest BCUT2D eigenvalue weighted by atomic mass is 10.00. The number of pyridine rings is 8. The molecule has 0 unspecified atom stereocenters. The molecule has 13 heteroatoms. The Kier molecular flexibility index (Phi) is 19.3. The van der Waals surface area contributed by atoms with Gasteiger partial charge in [-0.2, -0.15) is 0 Å². The highest BCUT2D eigenvalue weighted by atomic mass is 15.0. The van der Waals surface area contributed by atoms with Crippen molar-refractivity contribution in [2.24, 2.45) is 0 Å². The fourth-order valence-corrected chi connectivity index (χ4v) is 16.8. The van der Waals surface area contributed by atoms with E-state index in [1.807, 2.05) is 164 Å². The Balaban J connectivity index is 0.000000146. The molecule has 0 aliphatic heterocycles. The third-order valence-corrected chi connectivity index (χ3v) is 23.5. The zero-order chi connectivity index (χ0) is 84.8. The lowest BCUT2D eigenvalue weighted by Gasteiger charge is -2.11. The predicted molar refractivity (Wildman–Crippen MR) is 520 cm³/mol. The molecule has 0 atom stereocenters. The second-order valence-corrected chi connectivity index (χ2v) is 31.7. The molecule has 0 aliphatic rings. The summed E-state index contributed by atoms with van der Waals surface area (Å²) in [4.78, 5) is 65.8. The number of aromatic nitrogens is 13. The molecule has 0 aliphatic carbocycles. The minimum atomic E-state index is 0.523. The van der Waals surface area contributed by atoms with Gasteiger partial charge in [-0.05, 0) is 125 Å². The lowest BCUT2D eigenvalue weighted by molar-refractivity contribution is 1.06. The Morgan fingerprint density at radius 2 is 0.359 bits per heavy atom. The number of hydrogen-bond acceptors (Lipinski definition) is 13. The molecule has 596 valence electrons. The molecule has 0 fully saturated rings. The smallest absolute Gasteiger partial charge is 0.182 e. The van der Waals surface area contributed by atoms with Crippen molar-refractivity contribution in [2.45, 2.75) is 0 Å². The quantitative estimate of drug-likeness (QED) is 0.0944. The topological polar surface area (TPSA) is 168 Å². The largest absolute Gasteiger partial charge is 0.248 e. The van der Waals surface area contributed by atoms with Gasteiger partial charge in [0.2, 0.25) is 0 Å². The standard InChI is InChI=1S/C58H36N6.C57H35N7/c1-4-11-37(12-5-1)48-28-24-40-20-21-41-25-29-51(62-57(41)56(40)61-48)46-18-10-17-45(34-46)49-31-27-47-33-43(26-30-50(47)59-49)44-22-19-39-23-32-52(60-53(39)35-44)55-36-54(38-13-6-2-7-14-38)63-58(64-55)42-15-8-3-9-16-42;1-4-11-36(12-5-1)47-28-24-38-20-21-39-25-29-50(61-54(39)53(38)60-47)45-18-10-17-44(34-45)48-31-27-46-33-42(26-30-49(46)58-48)43-22-19-37-23-32-51(59-52(37)35-43)57-63-55(40-13-6-2-7-14-40)62-56(64-57)41-15-8-3-9-16-41/h1-36H;1-35H. The maximum absolute atomic E-state index is 5.21. The molecule has 0 N–H and O–H groups in total. The van der Waals surface area contributed by atoms with Gasteiger partial charge in [0.1, 0.15) is 5.69 Å². The molecule has 24 rings (SSSR count). The van der Waals surface area contributed by atoms with Gasteiger partial charge in [-0.15, -0.1) is 0 Å². The molecule has 24 aromatic rings. The SMILES string of the molecule is c1ccc(-c2cc(-c3ccc4ccc(-c5ccc6nc(-c7cccc(-c8ccc9ccc%10ccc(-c%11ccccc%11)nc%10c9n8)c7)ccc6c5)cc4n3)nc(-c3ccccc3)n2)cc1.c1ccc(-c2ccc3ccc4ccc(-c5cccc(-c6ccc7cc(-c8ccc9ccc(-c%10nc(-c%11ccccc%11)nc(-c%11ccccc%11)n%10)nc9c8)ccc7n6)c5)nc4c3n2)cc1. The van der Waals surface area contributed by atoms with Gasteiger partial charge < -0.3 is 0 Å². The summed E-state index contributed by atoms with van der Waals surface area (Å²) in [6.45, 7) is 0. The van der Waals surface area contributed by atoms with E-state index in [1.165, 1.54) is 0 Å². The first-order valence-corrected chi connectivity index (χ1v) is 42.6. The van der Waals surface area contributed by atoms with Crippen LogP contribution in [-0.2, 0) is 0 Å². The van der Waals surface area contributed by atoms with Gasteiger partial charge in [0, 0.05) is 98.7 Å². The van der Waals surface area contributed by atoms with E-state index in [2.05, 4.69) is 267 Å². The first-order chi connectivity index (χ1) is 63.3. The molecule has 0 spiro atoms. The molecule has 0 amide bonds. The highest BCUT2D eigenvalue weighted by molar-refractivity contribution is 6.06. The molecule has 14 aromatic carbocycles. The number of fused-ring (bicyclic) bond motifs is 10. The molecule has 0 saturated heterocycles. The normalized spacial score (nSPS) is 11.4. The molecular weight excluding hydrogens is 1560 g/mol. The molecule has 10 heterocycles. The van der Waals surface area contributed by atoms with Crippen LogP contribution < -0.4 is 0 Å². The van der Waals surface area contributed by atoms with E-state index in [9.17, 15) is 0 Å². The minimum absolute atomic E-state index is 0.523. The Hall–Kier alpha value is -17.6. The molecule has 0 bridgehead atoms. The van der Waals surface area contributed by atoms with Crippen molar-refractivity contribution in [1.29, 1.82) is 0 Å². The van der Waals surface area contributed by atoms with Gasteiger partial charge in [0.05, 0.1) is 95.4 Å². The van der Waals surface area contributed by atoms with Crippen LogP contribution in [0, 0.1) is 0 Å². The second-order valence-electron chi connectivity index (χ2n) is 31.7. The van der Waals surface area contributed by atoms with Gasteiger partial charge in [-0.3, -0.25) is 0 Å². The molecule has 0 saturated carbocycles. The van der Waals surface area contributed by atoms with Crippen LogP contribution in [0.25, 0.3) is 245 Å². The van der Waals surface area contributed by atoms with Crippen LogP contribution >= 0.6 is 0 Å². The minimum Gasteiger partial charge on any atom is -0.248 e. The lowest BCUT2D eigenvalue weighted by Crippen LogP contribution is -2.01. The summed E-state index contributed by atoms with van der Waals surface area (Å²) in [5.41, 5.74) is 30.1. The van der Waals surface area contributed by atoms with Crippen LogP contribution in [-0.4, -0.2) is 64.8 Å². The zero-order valence-corrected chi connectivity index (χ0v) is 68.8. The number of rotatable bonds is 14. The Morgan fingerprint density at radius 1 is 0.102 bits per heavy atom. The number of nitrogens with zero attached hydrogens (tertiary/aromatic N) is 13. The van der Waals surface area contributed by atoms with Gasteiger partial charge in [0.15, 0.2) is 23.3 Å². The van der Waals surface area contributed by atoms with Crippen molar-refractivity contribution in [3.8, 4) is 158 Å². The van der Waals surface area contributed by atoms with Crippen molar-refractivity contribution in [3.05, 3.63) is 431 Å². The van der Waals surface area contributed by atoms with Gasteiger partial charge in [-0.1, -0.05) is 328 Å². The van der Waals surface area contributed by atoms with Crippen LogP contribution in [0.5, 0.6) is 0 Å². The summed E-state index contributed by atoms with van der Waals surface area (Å²) >= 11 is 0. The fourth-order valence-electron chi connectivity index (χ4n) is 16.8. The summed E-state index contributed by atoms with van der Waals surface area (Å²) in [5.74, 6) is 2.40. The summed E-state index contributed by atoms with van der Waals surface area (Å²) in [6, 6.07) is 148. The van der Waals surface area contributed by atoms with Gasteiger partial charge >= 0.3 is 0 Å². The van der Waals surface area contributed by atoms with E-state index in [0.717, 1.165) is 216 Å². The maximum atomic E-state index is 5.21. The molecular formula is C115H71N13. The monoisotopic (exact) mass is 1630 g/mol. The van der Waals surface area contributed by atoms with E-state index in [4.69, 9.17) is 64.8 Å². The number of benzene rings is 14. The number of hydrogen-bond donors (Lipinski definition) is 0. The third kappa shape index (κ3) is 15.0. The van der Waals surface area contributed by atoms with Gasteiger partial charge in [-0.25, -0.2) is 64.8 Å². The van der Waals surface area contributed by atoms with Crippen LogP contribution in [0.15, 0.2) is 431 Å². The van der Waals surface area contributed by atoms with Crippen molar-refractivity contribution < 1.29 is 0 Å². The summed E-state index contributed by atoms with van der Waals surface area (Å²) < 4.78 is 0. The zero-order valence-electron chi connectivity index (χ0n) is 68.8. The predicted octanol–water partition coefficient (Wildman–Crippen LogP) is 28.1. The average Bonchev–Trinajstić information content (AvgIpc) is 0.770. The summed E-state index contributed by atoms with van der Waals surface area (Å²) in [6.07, 6.45) is 0. The van der Waals surface area contributed by atoms with Crippen molar-refractivity contribution in [3.63, 3.8) is 0 Å². The highest BCUT2D eigenvalue weighted by Gasteiger charge is 2.20. The summed E-state index contributed by atoms with van der Waals surface area (Å²) in [7, 11) is 0. The summed E-state index contributed by atoms with van der Waals surface area (Å²) in [5, 5.41) is 8.45. The molecule has 10 aromatic heterocycles. The maximum Gasteiger partial charge on any atom is 0.182 e. The van der Waals surface area contributed by atoms with Crippen LogP contribution in [0.3, 0.4) is 0 Å². The van der Waals surface area contributed by atoms with E-state index < -0.39 is 0 Å². The molecule has 13 nitrogen and oxygen atoms in total. The van der Waals surface area contributed by atoms with Crippen LogP contribution in [0.2, 0.25) is 0 Å². The van der Waals surface area contributed by atoms with Crippen molar-refractivity contribution in [1.82, 2.24) is 64.8 Å². The van der Waals surface area contributed by atoms with Gasteiger partial charge in [0.25, 0.3) is 0 Å². The molecule has 0 radical (unpaired) electrons. The van der Waals surface area contributed by atoms with E-state index in [1.54, 1.807) is 0 Å². The van der Waals surface area contributed by atoms with E-state index in [0.29, 0.717) is 29.0 Å². The average molecular weight is 1630 g/mol. The Labute approximate surface area is 736 Å². The van der Waals surface area contributed by atoms with Crippen molar-refractivity contribution in [2.75, 3.05) is 0 Å². The second kappa shape index (κ2) is 32.7. The van der Waals surface area contributed by atoms with E-state index >= 15 is 0 Å². The first-order valence-electron chi connectivity index (χ1n) is 42.6. The van der Waals surface area contributed by atoms with E-state index in [-0.39, 0.29) is 0 Å². The Bertz CT molecular complexity index is 7830. The van der Waals surface area contributed by atoms with Crippen LogP contribution in [0.4, 0.5) is 0 Å². The van der Waals surface area contributed by atoms with Crippen LogP contribution in [0.1, 0.15) is 0 Å². The van der Waals surface area contributed by atoms with Crippen molar-refractivity contribution >= 4 is 87.2 Å². The molecule has 128 heavy (non-hydrogen) atoms. The highest BCUT2D eigenvalue weighted by Crippen LogP contribution is 2.39. The third-order valence-electron chi connectivity index (χ3n) is 23.5. The fraction of sp³-hybridized carbons (Fsp3) is 0. The Morgan fingerprint density at radius 3 is 0.758 bits per heavy atom. The first kappa shape index (κ1) is 75.4.